The summed E-state index contributed by atoms with van der Waals surface area (Å²) in [5, 5.41) is 0. The molecule has 0 unspecified atom stereocenters. The second-order valence-electron chi connectivity index (χ2n) is 8.73. The van der Waals surface area contributed by atoms with E-state index in [9.17, 15) is 14.4 Å². The lowest BCUT2D eigenvalue weighted by Crippen LogP contribution is -2.08. The van der Waals surface area contributed by atoms with E-state index in [0.717, 1.165) is 31.2 Å². The fourth-order valence-electron chi connectivity index (χ4n) is 3.41. The Morgan fingerprint density at radius 2 is 1.37 bits per heavy atom. The Hall–Kier alpha value is -4.45. The minimum atomic E-state index is -0.466. The van der Waals surface area contributed by atoms with E-state index in [-0.39, 0.29) is 11.8 Å². The SMILES string of the molecule is C=C(C)C(=O)OCCCCCCOc1ccc(C(=O)Oc2ccc(C=CC(=O)c3ccccc3)cc2)cc1. The quantitative estimate of drug-likeness (QED) is 0.0772. The normalized spacial score (nSPS) is 10.7. The highest BCUT2D eigenvalue weighted by atomic mass is 16.5. The number of esters is 2. The molecule has 0 spiro atoms. The topological polar surface area (TPSA) is 78.9 Å². The van der Waals surface area contributed by atoms with E-state index in [0.29, 0.717) is 41.4 Å². The molecule has 0 aliphatic heterocycles. The van der Waals surface area contributed by atoms with Gasteiger partial charge < -0.3 is 14.2 Å². The van der Waals surface area contributed by atoms with Crippen LogP contribution in [0.1, 0.15) is 58.9 Å². The Bertz CT molecular complexity index is 1240. The molecule has 196 valence electrons. The Morgan fingerprint density at radius 3 is 2.03 bits per heavy atom. The van der Waals surface area contributed by atoms with Gasteiger partial charge in [0.05, 0.1) is 18.8 Å². The fraction of sp³-hybridized carbons (Fsp3) is 0.219. The maximum Gasteiger partial charge on any atom is 0.343 e. The minimum Gasteiger partial charge on any atom is -0.494 e. The summed E-state index contributed by atoms with van der Waals surface area (Å²) in [5.74, 6) is 0.202. The molecule has 0 fully saturated rings. The van der Waals surface area contributed by atoms with Crippen molar-refractivity contribution in [2.45, 2.75) is 32.6 Å². The van der Waals surface area contributed by atoms with Gasteiger partial charge >= 0.3 is 11.9 Å². The van der Waals surface area contributed by atoms with Crippen LogP contribution in [0.5, 0.6) is 11.5 Å². The number of unbranched alkanes of at least 4 members (excludes halogenated alkanes) is 3. The van der Waals surface area contributed by atoms with Crippen molar-refractivity contribution in [3.05, 3.63) is 114 Å². The lowest BCUT2D eigenvalue weighted by molar-refractivity contribution is -0.139. The molecule has 6 nitrogen and oxygen atoms in total. The first-order valence-corrected chi connectivity index (χ1v) is 12.6. The van der Waals surface area contributed by atoms with Crippen LogP contribution < -0.4 is 9.47 Å². The Morgan fingerprint density at radius 1 is 0.737 bits per heavy atom. The van der Waals surface area contributed by atoms with Gasteiger partial charge in [-0.1, -0.05) is 55.1 Å². The van der Waals surface area contributed by atoms with Gasteiger partial charge in [-0.25, -0.2) is 9.59 Å². The van der Waals surface area contributed by atoms with Gasteiger partial charge in [-0.2, -0.15) is 0 Å². The molecule has 3 aromatic carbocycles. The molecule has 38 heavy (non-hydrogen) atoms. The zero-order valence-corrected chi connectivity index (χ0v) is 21.6. The molecule has 0 radical (unpaired) electrons. The minimum absolute atomic E-state index is 0.0765. The number of ketones is 1. The monoisotopic (exact) mass is 512 g/mol. The third-order valence-electron chi connectivity index (χ3n) is 5.56. The summed E-state index contributed by atoms with van der Waals surface area (Å²) in [4.78, 5) is 36.0. The van der Waals surface area contributed by atoms with Crippen molar-refractivity contribution in [3.8, 4) is 11.5 Å². The number of benzene rings is 3. The van der Waals surface area contributed by atoms with Crippen LogP contribution in [-0.2, 0) is 9.53 Å². The first kappa shape index (κ1) is 28.1. The Labute approximate surface area is 223 Å². The molecule has 0 aliphatic rings. The van der Waals surface area contributed by atoms with Crippen molar-refractivity contribution in [2.24, 2.45) is 0 Å². The molecule has 6 heteroatoms. The number of rotatable bonds is 14. The molecule has 0 N–H and O–H groups in total. The zero-order valence-electron chi connectivity index (χ0n) is 21.6. The molecule has 0 heterocycles. The van der Waals surface area contributed by atoms with Gasteiger partial charge in [0.1, 0.15) is 11.5 Å². The van der Waals surface area contributed by atoms with E-state index < -0.39 is 5.97 Å². The average Bonchev–Trinajstić information content (AvgIpc) is 2.94. The third-order valence-corrected chi connectivity index (χ3v) is 5.56. The summed E-state index contributed by atoms with van der Waals surface area (Å²) >= 11 is 0. The Balaban J connectivity index is 1.36. The number of ether oxygens (including phenoxy) is 3. The largest absolute Gasteiger partial charge is 0.494 e. The van der Waals surface area contributed by atoms with Crippen LogP contribution in [-0.4, -0.2) is 30.9 Å². The van der Waals surface area contributed by atoms with E-state index >= 15 is 0 Å². The first-order valence-electron chi connectivity index (χ1n) is 12.6. The van der Waals surface area contributed by atoms with Crippen LogP contribution in [0.3, 0.4) is 0 Å². The summed E-state index contributed by atoms with van der Waals surface area (Å²) in [6.07, 6.45) is 6.84. The second kappa shape index (κ2) is 15.0. The van der Waals surface area contributed by atoms with Crippen LogP contribution >= 0.6 is 0 Å². The maximum absolute atomic E-state index is 12.5. The smallest absolute Gasteiger partial charge is 0.343 e. The first-order chi connectivity index (χ1) is 18.4. The van der Waals surface area contributed by atoms with Crippen molar-refractivity contribution < 1.29 is 28.6 Å². The number of carbonyl (C=O) groups excluding carboxylic acids is 3. The molecule has 0 bridgehead atoms. The fourth-order valence-corrected chi connectivity index (χ4v) is 3.41. The highest BCUT2D eigenvalue weighted by Crippen LogP contribution is 2.18. The van der Waals surface area contributed by atoms with Crippen molar-refractivity contribution in [3.63, 3.8) is 0 Å². The van der Waals surface area contributed by atoms with E-state index in [1.54, 1.807) is 73.7 Å². The van der Waals surface area contributed by atoms with Gasteiger partial charge in [-0.05, 0) is 80.6 Å². The highest BCUT2D eigenvalue weighted by Gasteiger charge is 2.09. The van der Waals surface area contributed by atoms with E-state index in [1.165, 1.54) is 6.08 Å². The molecule has 0 aromatic heterocycles. The van der Waals surface area contributed by atoms with Gasteiger partial charge in [0.25, 0.3) is 0 Å². The van der Waals surface area contributed by atoms with Crippen LogP contribution in [0.4, 0.5) is 0 Å². The lowest BCUT2D eigenvalue weighted by atomic mass is 10.1. The average molecular weight is 513 g/mol. The lowest BCUT2D eigenvalue weighted by Gasteiger charge is -2.08. The molecule has 0 atom stereocenters. The summed E-state index contributed by atoms with van der Waals surface area (Å²) in [7, 11) is 0. The summed E-state index contributed by atoms with van der Waals surface area (Å²) in [6, 6.07) is 22.8. The van der Waals surface area contributed by atoms with E-state index in [1.807, 2.05) is 18.2 Å². The molecule has 0 saturated heterocycles. The van der Waals surface area contributed by atoms with Crippen molar-refractivity contribution in [1.82, 2.24) is 0 Å². The van der Waals surface area contributed by atoms with E-state index in [2.05, 4.69) is 6.58 Å². The third kappa shape index (κ3) is 9.54. The van der Waals surface area contributed by atoms with Gasteiger partial charge in [0.15, 0.2) is 5.78 Å². The number of allylic oxidation sites excluding steroid dienone is 1. The molecule has 3 aromatic rings. The standard InChI is InChI=1S/C32H32O6/c1-24(2)31(34)37-23-9-4-3-8-22-36-28-19-15-27(16-20-28)32(35)38-29-17-12-25(13-18-29)14-21-30(33)26-10-6-5-7-11-26/h5-7,10-21H,1,3-4,8-9,22-23H2,2H3. The maximum atomic E-state index is 12.5. The van der Waals surface area contributed by atoms with Crippen LogP contribution in [0.25, 0.3) is 6.08 Å². The van der Waals surface area contributed by atoms with E-state index in [4.69, 9.17) is 14.2 Å². The van der Waals surface area contributed by atoms with Crippen molar-refractivity contribution in [1.29, 1.82) is 0 Å². The highest BCUT2D eigenvalue weighted by molar-refractivity contribution is 6.06. The molecular weight excluding hydrogens is 480 g/mol. The van der Waals surface area contributed by atoms with Crippen LogP contribution in [0, 0.1) is 0 Å². The predicted molar refractivity (Wildman–Crippen MR) is 147 cm³/mol. The van der Waals surface area contributed by atoms with Gasteiger partial charge in [0, 0.05) is 11.1 Å². The molecular formula is C32H32O6. The van der Waals surface area contributed by atoms with Gasteiger partial charge in [0.2, 0.25) is 0 Å². The molecule has 0 amide bonds. The summed E-state index contributed by atoms with van der Waals surface area (Å²) in [6.45, 7) is 6.15. The zero-order chi connectivity index (χ0) is 27.2. The van der Waals surface area contributed by atoms with Gasteiger partial charge in [-0.15, -0.1) is 0 Å². The summed E-state index contributed by atoms with van der Waals surface area (Å²) < 4.78 is 16.3. The van der Waals surface area contributed by atoms with Gasteiger partial charge in [-0.3, -0.25) is 4.79 Å². The number of hydrogen-bond acceptors (Lipinski definition) is 6. The Kier molecular flexibility index (Phi) is 11.1. The summed E-state index contributed by atoms with van der Waals surface area (Å²) in [5.41, 5.74) is 2.27. The van der Waals surface area contributed by atoms with Crippen molar-refractivity contribution >= 4 is 23.8 Å². The van der Waals surface area contributed by atoms with Crippen molar-refractivity contribution in [2.75, 3.05) is 13.2 Å². The van der Waals surface area contributed by atoms with Crippen LogP contribution in [0.15, 0.2) is 97.1 Å². The molecule has 3 rings (SSSR count). The number of carbonyl (C=O) groups is 3. The van der Waals surface area contributed by atoms with Crippen LogP contribution in [0.2, 0.25) is 0 Å². The molecule has 0 aliphatic carbocycles. The second-order valence-corrected chi connectivity index (χ2v) is 8.73. The predicted octanol–water partition coefficient (Wildman–Crippen LogP) is 6.86. The molecule has 0 saturated carbocycles. The number of hydrogen-bond donors (Lipinski definition) is 0.